The number of amides is 1. The van der Waals surface area contributed by atoms with E-state index in [2.05, 4.69) is 96.6 Å². The van der Waals surface area contributed by atoms with Crippen LogP contribution in [0.5, 0.6) is 0 Å². The van der Waals surface area contributed by atoms with Gasteiger partial charge in [-0.05, 0) is 92.6 Å². The van der Waals surface area contributed by atoms with E-state index in [0.29, 0.717) is 13.1 Å². The van der Waals surface area contributed by atoms with Crippen molar-refractivity contribution in [3.63, 3.8) is 0 Å². The summed E-state index contributed by atoms with van der Waals surface area (Å²) in [5.74, 6) is 0. The van der Waals surface area contributed by atoms with Crippen molar-refractivity contribution in [2.24, 2.45) is 0 Å². The molecular weight excluding hydrogens is 765 g/mol. The Morgan fingerprint density at radius 3 is 1.87 bits per heavy atom. The molecule has 8 aromatic rings. The Morgan fingerprint density at radius 2 is 1.33 bits per heavy atom. The molecule has 0 unspecified atom stereocenters. The van der Waals surface area contributed by atoms with Crippen LogP contribution in [0.4, 0.5) is 27.5 Å². The maximum Gasteiger partial charge on any atom is 0.410 e. The zero-order valence-corrected chi connectivity index (χ0v) is 33.5. The van der Waals surface area contributed by atoms with Crippen LogP contribution in [0, 0.1) is 0 Å². The molecular formula is C41H36N8O2S4. The quantitative estimate of drug-likeness (QED) is 0.151. The summed E-state index contributed by atoms with van der Waals surface area (Å²) in [5.41, 5.74) is 11.9. The average Bonchev–Trinajstić information content (AvgIpc) is 4.01. The maximum absolute atomic E-state index is 12.4. The normalized spacial score (nSPS) is 14.3. The fourth-order valence-corrected chi connectivity index (χ4v) is 9.90. The number of fused-ring (bicyclic) bond motifs is 4. The number of thiazole rings is 2. The predicted octanol–water partition coefficient (Wildman–Crippen LogP) is 10.9. The average molecular weight is 801 g/mol. The van der Waals surface area contributed by atoms with E-state index >= 15 is 0 Å². The second kappa shape index (κ2) is 14.8. The number of nitrogens with zero attached hydrogens (tertiary/aromatic N) is 5. The van der Waals surface area contributed by atoms with Crippen molar-refractivity contribution in [2.45, 2.75) is 26.4 Å². The number of hydrogen-bond donors (Lipinski definition) is 3. The third-order valence-electron chi connectivity index (χ3n) is 9.10. The molecule has 2 aliphatic rings. The molecule has 0 bridgehead atoms. The number of thiophene rings is 2. The number of nitrogens with one attached hydrogen (secondary N) is 3. The van der Waals surface area contributed by atoms with E-state index in [-0.39, 0.29) is 6.09 Å². The molecule has 10 rings (SSSR count). The van der Waals surface area contributed by atoms with Crippen molar-refractivity contribution < 1.29 is 9.53 Å². The van der Waals surface area contributed by atoms with E-state index in [1.807, 2.05) is 56.3 Å². The molecule has 2 aliphatic heterocycles. The molecule has 0 radical (unpaired) electrons. The van der Waals surface area contributed by atoms with Gasteiger partial charge in [-0.25, -0.2) is 24.7 Å². The Bertz CT molecular complexity index is 2770. The fraction of sp³-hybridized carbons (Fsp3) is 0.195. The van der Waals surface area contributed by atoms with Gasteiger partial charge in [0.05, 0.1) is 49.4 Å². The lowest BCUT2D eigenvalue weighted by molar-refractivity contribution is 0.0306. The van der Waals surface area contributed by atoms with Gasteiger partial charge in [0, 0.05) is 63.9 Å². The van der Waals surface area contributed by atoms with Crippen molar-refractivity contribution in [3.05, 3.63) is 106 Å². The lowest BCUT2D eigenvalue weighted by Gasteiger charge is -2.24. The van der Waals surface area contributed by atoms with Gasteiger partial charge in [-0.3, -0.25) is 0 Å². The van der Waals surface area contributed by atoms with Crippen LogP contribution in [0.1, 0.15) is 30.5 Å². The number of carbonyl (C=O) groups excluding carboxylic acids is 1. The molecule has 8 heterocycles. The Hall–Kier alpha value is -5.25. The highest BCUT2D eigenvalue weighted by Crippen LogP contribution is 2.38. The number of anilines is 4. The molecule has 0 aliphatic carbocycles. The molecule has 276 valence electrons. The van der Waals surface area contributed by atoms with E-state index in [1.165, 1.54) is 25.2 Å². The lowest BCUT2D eigenvalue weighted by atomic mass is 10.2. The number of hydrogen-bond acceptors (Lipinski definition) is 13. The topological polar surface area (TPSA) is 117 Å². The third-order valence-corrected chi connectivity index (χ3v) is 13.0. The minimum absolute atomic E-state index is 0.280. The summed E-state index contributed by atoms with van der Waals surface area (Å²) < 4.78 is 7.88. The maximum atomic E-state index is 12.4. The van der Waals surface area contributed by atoms with Crippen molar-refractivity contribution in [1.82, 2.24) is 30.2 Å². The minimum Gasteiger partial charge on any atom is -0.444 e. The number of aromatic nitrogens is 4. The first kappa shape index (κ1) is 35.5. The fourth-order valence-electron chi connectivity index (χ4n) is 6.46. The van der Waals surface area contributed by atoms with Crippen molar-refractivity contribution >= 4 is 126 Å². The molecule has 0 spiro atoms. The van der Waals surface area contributed by atoms with Gasteiger partial charge in [-0.2, -0.15) is 0 Å². The standard InChI is InChI=1S/C23H22N4O2S2.C18H14N4S2/c1-23(2,3)29-22(28)27-9-7-14(12-27)20-11-16-17(6-8-24-21(16)31-20)26-15-4-5-19-18(10-15)25-13-30-19;1-2-16-15(21-10-23-16)7-12(1)22-14-4-6-20-18-13(14)8-17(24-18)11-3-5-19-9-11/h4-8,10-11,13H,9,12H2,1-3H3,(H,24,26);1-4,6-8,10,19H,5,9H2,(H,20,22). The van der Waals surface area contributed by atoms with Gasteiger partial charge in [0.25, 0.3) is 0 Å². The zero-order chi connectivity index (χ0) is 37.5. The molecule has 0 fully saturated rings. The second-order valence-electron chi connectivity index (χ2n) is 14.1. The summed E-state index contributed by atoms with van der Waals surface area (Å²) in [6, 6.07) is 20.9. The Kier molecular flexibility index (Phi) is 9.52. The summed E-state index contributed by atoms with van der Waals surface area (Å²) in [7, 11) is 0. The Morgan fingerprint density at radius 1 is 0.745 bits per heavy atom. The van der Waals surface area contributed by atoms with Gasteiger partial charge in [-0.15, -0.1) is 45.3 Å². The monoisotopic (exact) mass is 800 g/mol. The highest BCUT2D eigenvalue weighted by Gasteiger charge is 2.26. The van der Waals surface area contributed by atoms with Gasteiger partial charge < -0.3 is 25.6 Å². The predicted molar refractivity (Wildman–Crippen MR) is 232 cm³/mol. The van der Waals surface area contributed by atoms with Crippen LogP contribution in [0.3, 0.4) is 0 Å². The summed E-state index contributed by atoms with van der Waals surface area (Å²) in [4.78, 5) is 36.5. The van der Waals surface area contributed by atoms with E-state index in [1.54, 1.807) is 50.2 Å². The smallest absolute Gasteiger partial charge is 0.410 e. The summed E-state index contributed by atoms with van der Waals surface area (Å²) in [5, 5.41) is 12.6. The molecule has 1 amide bonds. The van der Waals surface area contributed by atoms with Crippen LogP contribution in [-0.2, 0) is 4.74 Å². The number of benzene rings is 2. The van der Waals surface area contributed by atoms with Crippen molar-refractivity contribution in [1.29, 1.82) is 0 Å². The molecule has 2 aromatic carbocycles. The van der Waals surface area contributed by atoms with Crippen LogP contribution in [0.25, 0.3) is 52.0 Å². The summed E-state index contributed by atoms with van der Waals surface area (Å²) >= 11 is 6.69. The highest BCUT2D eigenvalue weighted by atomic mass is 32.1. The first-order chi connectivity index (χ1) is 26.7. The first-order valence-corrected chi connectivity index (χ1v) is 21.2. The number of pyridine rings is 2. The molecule has 0 saturated carbocycles. The van der Waals surface area contributed by atoms with Gasteiger partial charge in [0.15, 0.2) is 0 Å². The number of rotatable bonds is 6. The highest BCUT2D eigenvalue weighted by molar-refractivity contribution is 7.20. The van der Waals surface area contributed by atoms with Gasteiger partial charge in [-0.1, -0.05) is 12.2 Å². The molecule has 55 heavy (non-hydrogen) atoms. The molecule has 3 N–H and O–H groups in total. The minimum atomic E-state index is -0.497. The van der Waals surface area contributed by atoms with Crippen LogP contribution < -0.4 is 16.0 Å². The molecule has 6 aromatic heterocycles. The van der Waals surface area contributed by atoms with Crippen molar-refractivity contribution in [2.75, 3.05) is 36.8 Å². The lowest BCUT2D eigenvalue weighted by Crippen LogP contribution is -2.35. The molecule has 10 nitrogen and oxygen atoms in total. The molecule has 0 saturated heterocycles. The van der Waals surface area contributed by atoms with Gasteiger partial charge in [0.1, 0.15) is 15.3 Å². The Labute approximate surface area is 333 Å². The summed E-state index contributed by atoms with van der Waals surface area (Å²) in [6.45, 7) is 8.65. The van der Waals surface area contributed by atoms with E-state index in [9.17, 15) is 4.79 Å². The first-order valence-electron chi connectivity index (χ1n) is 17.8. The van der Waals surface area contributed by atoms with Crippen LogP contribution >= 0.6 is 45.3 Å². The van der Waals surface area contributed by atoms with Crippen LogP contribution in [0.15, 0.2) is 96.2 Å². The number of ether oxygens (including phenoxy) is 1. The SMILES string of the molecule is C1=C(c2cc3c(Nc4ccc5scnc5c4)ccnc3s2)CNC1.CC(C)(C)OC(=O)N1CC=C(c2cc3c(Nc4ccc5scnc5c4)ccnc3s2)C1. The van der Waals surface area contributed by atoms with Crippen LogP contribution in [0.2, 0.25) is 0 Å². The van der Waals surface area contributed by atoms with Gasteiger partial charge >= 0.3 is 6.09 Å². The van der Waals surface area contributed by atoms with E-state index in [4.69, 9.17) is 4.74 Å². The third kappa shape index (κ3) is 7.68. The molecule has 14 heteroatoms. The largest absolute Gasteiger partial charge is 0.444 e. The Balaban J connectivity index is 0.000000149. The summed E-state index contributed by atoms with van der Waals surface area (Å²) in [6.07, 6.45) is 7.76. The number of carbonyl (C=O) groups is 1. The van der Waals surface area contributed by atoms with Crippen molar-refractivity contribution in [3.8, 4) is 0 Å². The zero-order valence-electron chi connectivity index (χ0n) is 30.3. The molecule has 0 atom stereocenters. The second-order valence-corrected chi connectivity index (χ2v) is 18.0. The van der Waals surface area contributed by atoms with Crippen LogP contribution in [-0.4, -0.2) is 62.7 Å². The van der Waals surface area contributed by atoms with E-state index < -0.39 is 5.60 Å². The van der Waals surface area contributed by atoms with Gasteiger partial charge in [0.2, 0.25) is 0 Å². The van der Waals surface area contributed by atoms with E-state index in [0.717, 1.165) is 72.4 Å².